The standard InChI is InChI=1S/C20H27N3O2/c1-5-23(16(4)24)17-10-11-22(12-17)13-19-15(3)25-20(21-19)18-9-7-6-8-14(18)2/h6-9,17H,5,10-13H2,1-4H3/t17-/m1/s1. The molecule has 0 radical (unpaired) electrons. The number of rotatable bonds is 5. The number of amides is 1. The Balaban J connectivity index is 1.70. The summed E-state index contributed by atoms with van der Waals surface area (Å²) in [6, 6.07) is 8.45. The van der Waals surface area contributed by atoms with E-state index in [0.29, 0.717) is 11.9 Å². The lowest BCUT2D eigenvalue weighted by atomic mass is 10.1. The van der Waals surface area contributed by atoms with Crippen LogP contribution < -0.4 is 0 Å². The number of oxazole rings is 1. The summed E-state index contributed by atoms with van der Waals surface area (Å²) in [4.78, 5) is 20.8. The number of hydrogen-bond acceptors (Lipinski definition) is 4. The second-order valence-corrected chi connectivity index (χ2v) is 6.82. The average Bonchev–Trinajstić information content (AvgIpc) is 3.16. The molecule has 0 spiro atoms. The molecule has 1 aromatic heterocycles. The van der Waals surface area contributed by atoms with Crippen molar-refractivity contribution in [3.05, 3.63) is 41.3 Å². The Morgan fingerprint density at radius 2 is 2.12 bits per heavy atom. The minimum absolute atomic E-state index is 0.161. The minimum atomic E-state index is 0.161. The lowest BCUT2D eigenvalue weighted by Crippen LogP contribution is -2.40. The van der Waals surface area contributed by atoms with Gasteiger partial charge >= 0.3 is 0 Å². The van der Waals surface area contributed by atoms with Crippen LogP contribution in [0.5, 0.6) is 0 Å². The summed E-state index contributed by atoms with van der Waals surface area (Å²) >= 11 is 0. The molecule has 1 fully saturated rings. The Morgan fingerprint density at radius 3 is 2.80 bits per heavy atom. The number of benzene rings is 1. The lowest BCUT2D eigenvalue weighted by molar-refractivity contribution is -0.130. The fourth-order valence-corrected chi connectivity index (χ4v) is 3.66. The molecule has 0 N–H and O–H groups in total. The maximum Gasteiger partial charge on any atom is 0.226 e. The first kappa shape index (κ1) is 17.7. The van der Waals surface area contributed by atoms with Gasteiger partial charge in [-0.25, -0.2) is 4.98 Å². The predicted octanol–water partition coefficient (Wildman–Crippen LogP) is 3.40. The number of carbonyl (C=O) groups is 1. The van der Waals surface area contributed by atoms with Crippen molar-refractivity contribution in [3.63, 3.8) is 0 Å². The highest BCUT2D eigenvalue weighted by Gasteiger charge is 2.29. The van der Waals surface area contributed by atoms with Crippen molar-refractivity contribution < 1.29 is 9.21 Å². The normalized spacial score (nSPS) is 17.8. The molecule has 5 nitrogen and oxygen atoms in total. The number of carbonyl (C=O) groups excluding carboxylic acids is 1. The van der Waals surface area contributed by atoms with Crippen molar-refractivity contribution in [3.8, 4) is 11.5 Å². The van der Waals surface area contributed by atoms with Crippen LogP contribution >= 0.6 is 0 Å². The second-order valence-electron chi connectivity index (χ2n) is 6.82. The fraction of sp³-hybridized carbons (Fsp3) is 0.500. The first-order valence-corrected chi connectivity index (χ1v) is 9.01. The van der Waals surface area contributed by atoms with Crippen molar-refractivity contribution in [1.29, 1.82) is 0 Å². The zero-order valence-electron chi connectivity index (χ0n) is 15.6. The van der Waals surface area contributed by atoms with Gasteiger partial charge in [0.05, 0.1) is 5.69 Å². The Morgan fingerprint density at radius 1 is 1.36 bits per heavy atom. The van der Waals surface area contributed by atoms with Gasteiger partial charge in [-0.15, -0.1) is 0 Å². The van der Waals surface area contributed by atoms with Gasteiger partial charge in [0.25, 0.3) is 0 Å². The van der Waals surface area contributed by atoms with E-state index >= 15 is 0 Å². The van der Waals surface area contributed by atoms with Crippen LogP contribution in [0.15, 0.2) is 28.7 Å². The molecule has 1 amide bonds. The van der Waals surface area contributed by atoms with E-state index in [0.717, 1.165) is 55.2 Å². The van der Waals surface area contributed by atoms with Gasteiger partial charge in [-0.2, -0.15) is 0 Å². The topological polar surface area (TPSA) is 49.6 Å². The third-order valence-corrected chi connectivity index (χ3v) is 5.07. The highest BCUT2D eigenvalue weighted by molar-refractivity contribution is 5.73. The predicted molar refractivity (Wildman–Crippen MR) is 98.2 cm³/mol. The second kappa shape index (κ2) is 7.40. The highest BCUT2D eigenvalue weighted by atomic mass is 16.4. The molecule has 2 heterocycles. The lowest BCUT2D eigenvalue weighted by Gasteiger charge is -2.26. The van der Waals surface area contributed by atoms with Gasteiger partial charge in [0.2, 0.25) is 11.8 Å². The van der Waals surface area contributed by atoms with E-state index in [9.17, 15) is 4.79 Å². The van der Waals surface area contributed by atoms with Crippen LogP contribution in [0.4, 0.5) is 0 Å². The van der Waals surface area contributed by atoms with Gasteiger partial charge in [0.15, 0.2) is 0 Å². The summed E-state index contributed by atoms with van der Waals surface area (Å²) in [5.74, 6) is 1.73. The average molecular weight is 341 g/mol. The SMILES string of the molecule is CCN(C(C)=O)[C@@H]1CCN(Cc2nc(-c3ccccc3C)oc2C)C1. The summed E-state index contributed by atoms with van der Waals surface area (Å²) in [6.45, 7) is 11.2. The molecule has 0 bridgehead atoms. The molecule has 1 aliphatic rings. The van der Waals surface area contributed by atoms with Crippen LogP contribution in [0.2, 0.25) is 0 Å². The number of aryl methyl sites for hydroxylation is 2. The van der Waals surface area contributed by atoms with Gasteiger partial charge in [-0.3, -0.25) is 9.69 Å². The van der Waals surface area contributed by atoms with Crippen molar-refractivity contribution in [2.45, 2.75) is 46.7 Å². The Bertz CT molecular complexity index is 753. The molecule has 5 heteroatoms. The first-order chi connectivity index (χ1) is 12.0. The molecule has 25 heavy (non-hydrogen) atoms. The van der Waals surface area contributed by atoms with E-state index in [4.69, 9.17) is 9.40 Å². The summed E-state index contributed by atoms with van der Waals surface area (Å²) in [5.41, 5.74) is 3.20. The molecule has 0 saturated carbocycles. The summed E-state index contributed by atoms with van der Waals surface area (Å²) in [6.07, 6.45) is 1.02. The zero-order chi connectivity index (χ0) is 18.0. The van der Waals surface area contributed by atoms with Crippen LogP contribution in [0.1, 0.15) is 37.3 Å². The molecule has 0 unspecified atom stereocenters. The number of likely N-dealkylation sites (N-methyl/N-ethyl adjacent to an activating group) is 1. The number of hydrogen-bond donors (Lipinski definition) is 0. The molecule has 1 atom stereocenters. The van der Waals surface area contributed by atoms with Crippen LogP contribution in [-0.2, 0) is 11.3 Å². The van der Waals surface area contributed by atoms with E-state index in [-0.39, 0.29) is 5.91 Å². The minimum Gasteiger partial charge on any atom is -0.441 e. The quantitative estimate of drug-likeness (QED) is 0.836. The number of likely N-dealkylation sites (tertiary alicyclic amines) is 1. The smallest absolute Gasteiger partial charge is 0.226 e. The van der Waals surface area contributed by atoms with Gasteiger partial charge in [-0.1, -0.05) is 18.2 Å². The summed E-state index contributed by atoms with van der Waals surface area (Å²) < 4.78 is 5.92. The molecule has 134 valence electrons. The van der Waals surface area contributed by atoms with E-state index in [1.165, 1.54) is 0 Å². The summed E-state index contributed by atoms with van der Waals surface area (Å²) in [7, 11) is 0. The molecule has 1 aromatic carbocycles. The third-order valence-electron chi connectivity index (χ3n) is 5.07. The van der Waals surface area contributed by atoms with Crippen molar-refractivity contribution >= 4 is 5.91 Å². The third kappa shape index (κ3) is 3.76. The van der Waals surface area contributed by atoms with Gasteiger partial charge < -0.3 is 9.32 Å². The van der Waals surface area contributed by atoms with Crippen LogP contribution in [-0.4, -0.2) is 46.4 Å². The monoisotopic (exact) mass is 341 g/mol. The molecule has 1 saturated heterocycles. The number of nitrogens with zero attached hydrogens (tertiary/aromatic N) is 3. The molecular weight excluding hydrogens is 314 g/mol. The Kier molecular flexibility index (Phi) is 5.23. The van der Waals surface area contributed by atoms with Crippen LogP contribution in [0, 0.1) is 13.8 Å². The van der Waals surface area contributed by atoms with Crippen LogP contribution in [0.25, 0.3) is 11.5 Å². The maximum atomic E-state index is 11.8. The van der Waals surface area contributed by atoms with Crippen LogP contribution in [0.3, 0.4) is 0 Å². The summed E-state index contributed by atoms with van der Waals surface area (Å²) in [5, 5.41) is 0. The molecule has 2 aromatic rings. The van der Waals surface area contributed by atoms with E-state index < -0.39 is 0 Å². The molecular formula is C20H27N3O2. The Labute approximate surface area is 149 Å². The van der Waals surface area contributed by atoms with Gasteiger partial charge in [0.1, 0.15) is 5.76 Å². The van der Waals surface area contributed by atoms with Gasteiger partial charge in [0, 0.05) is 44.7 Å². The zero-order valence-corrected chi connectivity index (χ0v) is 15.6. The largest absolute Gasteiger partial charge is 0.441 e. The van der Waals surface area contributed by atoms with Crippen molar-refractivity contribution in [2.24, 2.45) is 0 Å². The molecule has 0 aliphatic carbocycles. The number of aromatic nitrogens is 1. The van der Waals surface area contributed by atoms with Gasteiger partial charge in [-0.05, 0) is 38.8 Å². The van der Waals surface area contributed by atoms with E-state index in [1.807, 2.05) is 36.9 Å². The first-order valence-electron chi connectivity index (χ1n) is 9.01. The van der Waals surface area contributed by atoms with E-state index in [1.54, 1.807) is 6.92 Å². The Hall–Kier alpha value is -2.14. The van der Waals surface area contributed by atoms with Crippen molar-refractivity contribution in [1.82, 2.24) is 14.8 Å². The highest BCUT2D eigenvalue weighted by Crippen LogP contribution is 2.26. The fourth-order valence-electron chi connectivity index (χ4n) is 3.66. The van der Waals surface area contributed by atoms with E-state index in [2.05, 4.69) is 17.9 Å². The molecule has 3 rings (SSSR count). The van der Waals surface area contributed by atoms with Crippen molar-refractivity contribution in [2.75, 3.05) is 19.6 Å². The maximum absolute atomic E-state index is 11.8. The molecule has 1 aliphatic heterocycles.